The summed E-state index contributed by atoms with van der Waals surface area (Å²) in [7, 11) is 1.95. The van der Waals surface area contributed by atoms with E-state index < -0.39 is 18.3 Å². The van der Waals surface area contributed by atoms with Gasteiger partial charge in [-0.25, -0.2) is 4.98 Å². The summed E-state index contributed by atoms with van der Waals surface area (Å²) in [6, 6.07) is 14.3. The molecule has 9 heteroatoms. The maximum atomic E-state index is 13.4. The number of pyridine rings is 1. The van der Waals surface area contributed by atoms with Crippen LogP contribution in [0.1, 0.15) is 18.1 Å². The molecule has 2 unspecified atom stereocenters. The molecule has 0 bridgehead atoms. The van der Waals surface area contributed by atoms with E-state index in [1.54, 1.807) is 18.7 Å². The summed E-state index contributed by atoms with van der Waals surface area (Å²) < 4.78 is 42.1. The SMILES string of the molecule is CC(NC(CNc1cncc(-c2ccc3ncn(C)c3c2)c1)CN1CCc2ccccc2C1)C(F)(F)F. The third-order valence-corrected chi connectivity index (χ3v) is 7.01. The van der Waals surface area contributed by atoms with Crippen LogP contribution in [0.5, 0.6) is 0 Å². The highest BCUT2D eigenvalue weighted by atomic mass is 19.4. The first-order chi connectivity index (χ1) is 17.8. The molecule has 6 nitrogen and oxygen atoms in total. The zero-order chi connectivity index (χ0) is 26.0. The van der Waals surface area contributed by atoms with Gasteiger partial charge in [-0.1, -0.05) is 30.3 Å². The van der Waals surface area contributed by atoms with E-state index in [9.17, 15) is 13.2 Å². The van der Waals surface area contributed by atoms with Crippen molar-refractivity contribution in [3.63, 3.8) is 0 Å². The molecule has 2 N–H and O–H groups in total. The van der Waals surface area contributed by atoms with E-state index in [2.05, 4.69) is 43.7 Å². The predicted molar refractivity (Wildman–Crippen MR) is 140 cm³/mol. The van der Waals surface area contributed by atoms with Gasteiger partial charge in [-0.2, -0.15) is 13.2 Å². The number of rotatable bonds is 8. The summed E-state index contributed by atoms with van der Waals surface area (Å²) in [6.07, 6.45) is 1.86. The summed E-state index contributed by atoms with van der Waals surface area (Å²) in [5.41, 5.74) is 7.18. The number of fused-ring (bicyclic) bond motifs is 2. The Morgan fingerprint density at radius 2 is 1.84 bits per heavy atom. The minimum Gasteiger partial charge on any atom is -0.382 e. The Morgan fingerprint density at radius 3 is 2.65 bits per heavy atom. The van der Waals surface area contributed by atoms with Crippen LogP contribution in [-0.4, -0.2) is 57.3 Å². The number of benzene rings is 2. The van der Waals surface area contributed by atoms with Gasteiger partial charge in [-0.15, -0.1) is 0 Å². The first kappa shape index (κ1) is 25.2. The largest absolute Gasteiger partial charge is 0.403 e. The lowest BCUT2D eigenvalue weighted by molar-refractivity contribution is -0.153. The number of hydrogen-bond acceptors (Lipinski definition) is 5. The average molecular weight is 509 g/mol. The Bertz CT molecular complexity index is 1370. The molecular weight excluding hydrogens is 477 g/mol. The van der Waals surface area contributed by atoms with E-state index in [0.29, 0.717) is 13.1 Å². The number of aryl methyl sites for hydroxylation is 1. The highest BCUT2D eigenvalue weighted by Gasteiger charge is 2.37. The zero-order valence-corrected chi connectivity index (χ0v) is 21.0. The number of halogens is 3. The molecule has 5 rings (SSSR count). The third kappa shape index (κ3) is 5.94. The van der Waals surface area contributed by atoms with Crippen molar-refractivity contribution < 1.29 is 13.2 Å². The molecule has 3 heterocycles. The minimum atomic E-state index is -4.31. The van der Waals surface area contributed by atoms with Gasteiger partial charge in [0.15, 0.2) is 0 Å². The quantitative estimate of drug-likeness (QED) is 0.350. The fraction of sp³-hybridized carbons (Fsp3) is 0.357. The number of nitrogens with one attached hydrogen (secondary N) is 2. The second-order valence-electron chi connectivity index (χ2n) is 9.78. The van der Waals surface area contributed by atoms with Crippen LogP contribution in [0.3, 0.4) is 0 Å². The Labute approximate surface area is 214 Å². The second kappa shape index (κ2) is 10.5. The van der Waals surface area contributed by atoms with Crippen molar-refractivity contribution in [3.05, 3.63) is 78.4 Å². The van der Waals surface area contributed by atoms with Crippen molar-refractivity contribution in [2.24, 2.45) is 7.05 Å². The molecule has 1 aliphatic rings. The molecule has 1 aliphatic heterocycles. The first-order valence-electron chi connectivity index (χ1n) is 12.5. The van der Waals surface area contributed by atoms with E-state index in [1.807, 2.05) is 41.9 Å². The highest BCUT2D eigenvalue weighted by Crippen LogP contribution is 2.26. The lowest BCUT2D eigenvalue weighted by Crippen LogP contribution is -2.53. The number of nitrogens with zero attached hydrogens (tertiary/aromatic N) is 4. The number of aromatic nitrogens is 3. The number of anilines is 1. The lowest BCUT2D eigenvalue weighted by atomic mass is 9.99. The molecule has 0 amide bonds. The monoisotopic (exact) mass is 508 g/mol. The van der Waals surface area contributed by atoms with Crippen LogP contribution in [0.2, 0.25) is 0 Å². The van der Waals surface area contributed by atoms with Crippen LogP contribution in [0.15, 0.2) is 67.3 Å². The van der Waals surface area contributed by atoms with Crippen molar-refractivity contribution in [1.82, 2.24) is 24.8 Å². The van der Waals surface area contributed by atoms with Crippen molar-refractivity contribution in [3.8, 4) is 11.1 Å². The fourth-order valence-electron chi connectivity index (χ4n) is 4.89. The van der Waals surface area contributed by atoms with Crippen LogP contribution < -0.4 is 10.6 Å². The van der Waals surface area contributed by atoms with Crippen LogP contribution in [-0.2, 0) is 20.0 Å². The van der Waals surface area contributed by atoms with Crippen LogP contribution in [0.25, 0.3) is 22.2 Å². The summed E-state index contributed by atoms with van der Waals surface area (Å²) >= 11 is 0. The van der Waals surface area contributed by atoms with E-state index in [1.165, 1.54) is 18.1 Å². The molecule has 0 aliphatic carbocycles. The van der Waals surface area contributed by atoms with Crippen molar-refractivity contribution in [1.29, 1.82) is 0 Å². The summed E-state index contributed by atoms with van der Waals surface area (Å²) in [5, 5.41) is 6.14. The predicted octanol–water partition coefficient (Wildman–Crippen LogP) is 5.01. The number of alkyl halides is 3. The van der Waals surface area contributed by atoms with Gasteiger partial charge in [0.25, 0.3) is 0 Å². The van der Waals surface area contributed by atoms with E-state index >= 15 is 0 Å². The Hall–Kier alpha value is -3.43. The summed E-state index contributed by atoms with van der Waals surface area (Å²) in [5.74, 6) is 0. The summed E-state index contributed by atoms with van der Waals surface area (Å²) in [6.45, 7) is 3.58. The standard InChI is InChI=1S/C28H31F3N6/c1-19(28(29,30)31)35-25(17-37-10-9-20-5-3-4-6-22(20)16-37)15-33-24-11-23(13-32-14-24)21-7-8-26-27(12-21)36(2)18-34-26/h3-8,11-14,18-19,25,33,35H,9-10,15-17H2,1-2H3. The summed E-state index contributed by atoms with van der Waals surface area (Å²) in [4.78, 5) is 11.0. The van der Waals surface area contributed by atoms with Crippen molar-refractivity contribution >= 4 is 16.7 Å². The molecule has 4 aromatic rings. The van der Waals surface area contributed by atoms with Gasteiger partial charge in [0.2, 0.25) is 0 Å². The van der Waals surface area contributed by atoms with Crippen LogP contribution >= 0.6 is 0 Å². The van der Waals surface area contributed by atoms with Gasteiger partial charge in [-0.05, 0) is 48.2 Å². The fourth-order valence-corrected chi connectivity index (χ4v) is 4.89. The van der Waals surface area contributed by atoms with Crippen LogP contribution in [0, 0.1) is 0 Å². The van der Waals surface area contributed by atoms with Gasteiger partial charge in [0, 0.05) is 57.2 Å². The van der Waals surface area contributed by atoms with Crippen molar-refractivity contribution in [2.75, 3.05) is 25.0 Å². The zero-order valence-electron chi connectivity index (χ0n) is 21.0. The molecule has 37 heavy (non-hydrogen) atoms. The number of hydrogen-bond donors (Lipinski definition) is 2. The topological polar surface area (TPSA) is 58.0 Å². The minimum absolute atomic E-state index is 0.338. The van der Waals surface area contributed by atoms with Gasteiger partial charge >= 0.3 is 6.18 Å². The normalized spacial score (nSPS) is 15.9. The molecule has 2 atom stereocenters. The maximum Gasteiger partial charge on any atom is 0.403 e. The second-order valence-corrected chi connectivity index (χ2v) is 9.78. The van der Waals surface area contributed by atoms with Gasteiger partial charge in [0.1, 0.15) is 6.04 Å². The van der Waals surface area contributed by atoms with Gasteiger partial charge < -0.3 is 15.2 Å². The highest BCUT2D eigenvalue weighted by molar-refractivity contribution is 5.82. The maximum absolute atomic E-state index is 13.4. The Kier molecular flexibility index (Phi) is 7.17. The van der Waals surface area contributed by atoms with Gasteiger partial charge in [0.05, 0.1) is 23.0 Å². The lowest BCUT2D eigenvalue weighted by Gasteiger charge is -2.34. The van der Waals surface area contributed by atoms with Gasteiger partial charge in [-0.3, -0.25) is 9.88 Å². The smallest absolute Gasteiger partial charge is 0.382 e. The Morgan fingerprint density at radius 1 is 1.03 bits per heavy atom. The molecule has 0 radical (unpaired) electrons. The van der Waals surface area contributed by atoms with Crippen molar-refractivity contribution in [2.45, 2.75) is 38.1 Å². The molecule has 2 aromatic heterocycles. The van der Waals surface area contributed by atoms with E-state index in [0.717, 1.165) is 47.4 Å². The molecule has 0 saturated carbocycles. The molecule has 0 fully saturated rings. The Balaban J connectivity index is 1.30. The van der Waals surface area contributed by atoms with E-state index in [-0.39, 0.29) is 0 Å². The van der Waals surface area contributed by atoms with Crippen LogP contribution in [0.4, 0.5) is 18.9 Å². The molecule has 2 aromatic carbocycles. The average Bonchev–Trinajstić information content (AvgIpc) is 3.26. The first-order valence-corrected chi connectivity index (χ1v) is 12.5. The molecular formula is C28H31F3N6. The van der Waals surface area contributed by atoms with E-state index in [4.69, 9.17) is 0 Å². The molecule has 0 saturated heterocycles. The third-order valence-electron chi connectivity index (χ3n) is 7.01. The number of imidazole rings is 1. The molecule has 194 valence electrons. The molecule has 0 spiro atoms.